The summed E-state index contributed by atoms with van der Waals surface area (Å²) in [6, 6.07) is 9.44. The van der Waals surface area contributed by atoms with E-state index in [1.165, 1.54) is 30.3 Å². The van der Waals surface area contributed by atoms with E-state index in [4.69, 9.17) is 5.14 Å². The first-order chi connectivity index (χ1) is 13.6. The molecule has 0 aliphatic heterocycles. The van der Waals surface area contributed by atoms with Gasteiger partial charge in [-0.25, -0.2) is 31.7 Å². The molecule has 3 aromatic rings. The molecular weight excluding hydrogens is 409 g/mol. The zero-order valence-corrected chi connectivity index (χ0v) is 15.5. The van der Waals surface area contributed by atoms with E-state index in [-0.39, 0.29) is 29.1 Å². The maximum Gasteiger partial charge on any atom is 0.279 e. The number of primary sulfonamides is 1. The molecule has 11 heteroatoms. The average Bonchev–Trinajstić information content (AvgIpc) is 3.13. The Hall–Kier alpha value is -3.18. The fourth-order valence-electron chi connectivity index (χ4n) is 2.63. The summed E-state index contributed by atoms with van der Waals surface area (Å²) in [7, 11) is -4.28. The van der Waals surface area contributed by atoms with Crippen LogP contribution < -0.4 is 10.5 Å². The molecule has 0 fully saturated rings. The second-order valence-corrected chi connectivity index (χ2v) is 7.59. The fourth-order valence-corrected chi connectivity index (χ4v) is 3.40. The van der Waals surface area contributed by atoms with Crippen molar-refractivity contribution in [2.45, 2.75) is 17.7 Å². The summed E-state index contributed by atoms with van der Waals surface area (Å²) in [6.07, 6.45) is -2.20. The molecule has 4 N–H and O–H groups in total. The number of hydrogen-bond donors (Lipinski definition) is 3. The van der Waals surface area contributed by atoms with Gasteiger partial charge in [-0.05, 0) is 29.8 Å². The van der Waals surface area contributed by atoms with Crippen LogP contribution in [-0.4, -0.2) is 24.3 Å². The summed E-state index contributed by atoms with van der Waals surface area (Å²) < 4.78 is 63.1. The Morgan fingerprint density at radius 1 is 1.21 bits per heavy atom. The van der Waals surface area contributed by atoms with E-state index < -0.39 is 38.8 Å². The van der Waals surface area contributed by atoms with Crippen molar-refractivity contribution in [2.24, 2.45) is 5.14 Å². The van der Waals surface area contributed by atoms with Gasteiger partial charge in [0, 0.05) is 11.3 Å². The monoisotopic (exact) mass is 424 g/mol. The molecule has 3 rings (SSSR count). The van der Waals surface area contributed by atoms with Gasteiger partial charge in [0.2, 0.25) is 15.9 Å². The molecule has 1 heterocycles. The number of hydrogen-bond acceptors (Lipinski definition) is 4. The molecule has 0 saturated carbocycles. The van der Waals surface area contributed by atoms with E-state index in [1.807, 2.05) is 0 Å². The first kappa shape index (κ1) is 20.6. The van der Waals surface area contributed by atoms with Gasteiger partial charge >= 0.3 is 0 Å². The molecule has 0 unspecified atom stereocenters. The zero-order chi connectivity index (χ0) is 21.2. The maximum absolute atomic E-state index is 13.7. The van der Waals surface area contributed by atoms with Crippen LogP contribution in [0.1, 0.15) is 17.7 Å². The van der Waals surface area contributed by atoms with Crippen molar-refractivity contribution in [3.8, 4) is 11.4 Å². The second-order valence-electron chi connectivity index (χ2n) is 6.06. The predicted octanol–water partition coefficient (Wildman–Crippen LogP) is 2.98. The van der Waals surface area contributed by atoms with Crippen molar-refractivity contribution in [2.75, 3.05) is 5.32 Å². The van der Waals surface area contributed by atoms with Crippen LogP contribution in [0.4, 0.5) is 18.9 Å². The molecule has 29 heavy (non-hydrogen) atoms. The lowest BCUT2D eigenvalue weighted by Gasteiger charge is -2.10. The largest absolute Gasteiger partial charge is 0.337 e. The highest BCUT2D eigenvalue weighted by Crippen LogP contribution is 2.29. The second kappa shape index (κ2) is 8.05. The highest BCUT2D eigenvalue weighted by atomic mass is 32.2. The number of nitrogens with zero attached hydrogens (tertiary/aromatic N) is 1. The topological polar surface area (TPSA) is 118 Å². The average molecular weight is 424 g/mol. The van der Waals surface area contributed by atoms with Gasteiger partial charge in [0.15, 0.2) is 0 Å². The number of aromatic nitrogens is 2. The van der Waals surface area contributed by atoms with E-state index in [2.05, 4.69) is 15.3 Å². The third-order valence-corrected chi connectivity index (χ3v) is 4.92. The number of nitrogens with one attached hydrogen (secondary N) is 2. The number of nitrogens with two attached hydrogens (primary N) is 1. The Bertz CT molecular complexity index is 1160. The summed E-state index contributed by atoms with van der Waals surface area (Å²) in [5.41, 5.74) is -0.266. The lowest BCUT2D eigenvalue weighted by molar-refractivity contribution is -0.115. The lowest BCUT2D eigenvalue weighted by atomic mass is 10.1. The highest BCUT2D eigenvalue weighted by molar-refractivity contribution is 7.89. The molecule has 0 atom stereocenters. The Morgan fingerprint density at radius 3 is 2.55 bits per heavy atom. The molecule has 7 nitrogen and oxygen atoms in total. The van der Waals surface area contributed by atoms with Crippen molar-refractivity contribution in [1.82, 2.24) is 9.97 Å². The lowest BCUT2D eigenvalue weighted by Crippen LogP contribution is -2.17. The Kier molecular flexibility index (Phi) is 5.71. The van der Waals surface area contributed by atoms with Crippen molar-refractivity contribution in [3.63, 3.8) is 0 Å². The molecule has 0 saturated heterocycles. The van der Waals surface area contributed by atoms with Crippen LogP contribution in [-0.2, 0) is 21.2 Å². The van der Waals surface area contributed by atoms with Crippen LogP contribution in [0.5, 0.6) is 0 Å². The fraction of sp³-hybridized carbons (Fsp3) is 0.111. The minimum atomic E-state index is -4.28. The summed E-state index contributed by atoms with van der Waals surface area (Å²) in [5, 5.41) is 7.68. The van der Waals surface area contributed by atoms with E-state index in [9.17, 15) is 26.4 Å². The summed E-state index contributed by atoms with van der Waals surface area (Å²) >= 11 is 0. The number of imidazole rings is 1. The summed E-state index contributed by atoms with van der Waals surface area (Å²) in [6.45, 7) is 0. The molecule has 0 aliphatic rings. The highest BCUT2D eigenvalue weighted by Gasteiger charge is 2.20. The van der Waals surface area contributed by atoms with Crippen LogP contribution in [0.15, 0.2) is 53.6 Å². The SMILES string of the molecule is NS(=O)(=O)c1cc(NC(=O)Cc2ccccc2F)ccc1-c1ncc(C(F)F)[nH]1. The van der Waals surface area contributed by atoms with Gasteiger partial charge in [-0.1, -0.05) is 18.2 Å². The number of carbonyl (C=O) groups is 1. The number of H-pyrrole nitrogens is 1. The van der Waals surface area contributed by atoms with Gasteiger partial charge in [-0.3, -0.25) is 4.79 Å². The summed E-state index contributed by atoms with van der Waals surface area (Å²) in [5.74, 6) is -1.24. The molecular formula is C18H15F3N4O3S. The number of amides is 1. The van der Waals surface area contributed by atoms with E-state index in [0.717, 1.165) is 12.3 Å². The third kappa shape index (κ3) is 4.81. The first-order valence-corrected chi connectivity index (χ1v) is 9.73. The molecule has 1 aromatic heterocycles. The minimum Gasteiger partial charge on any atom is -0.337 e. The number of rotatable bonds is 6. The molecule has 0 aliphatic carbocycles. The first-order valence-electron chi connectivity index (χ1n) is 8.18. The Morgan fingerprint density at radius 2 is 1.93 bits per heavy atom. The van der Waals surface area contributed by atoms with E-state index in [0.29, 0.717) is 0 Å². The minimum absolute atomic E-state index is 0.0356. The van der Waals surface area contributed by atoms with Crippen molar-refractivity contribution >= 4 is 21.6 Å². The van der Waals surface area contributed by atoms with Gasteiger partial charge in [-0.2, -0.15) is 0 Å². The van der Waals surface area contributed by atoms with Crippen molar-refractivity contribution in [1.29, 1.82) is 0 Å². The van der Waals surface area contributed by atoms with Gasteiger partial charge in [0.1, 0.15) is 17.3 Å². The van der Waals surface area contributed by atoms with Crippen LogP contribution >= 0.6 is 0 Å². The van der Waals surface area contributed by atoms with Crippen LogP contribution in [0.3, 0.4) is 0 Å². The Balaban J connectivity index is 1.89. The van der Waals surface area contributed by atoms with Crippen molar-refractivity contribution < 1.29 is 26.4 Å². The molecule has 2 aromatic carbocycles. The normalized spacial score (nSPS) is 11.6. The van der Waals surface area contributed by atoms with Gasteiger partial charge < -0.3 is 10.3 Å². The molecule has 1 amide bonds. The number of carbonyl (C=O) groups excluding carboxylic acids is 1. The molecule has 152 valence electrons. The number of halogens is 3. The molecule has 0 radical (unpaired) electrons. The van der Waals surface area contributed by atoms with E-state index >= 15 is 0 Å². The zero-order valence-electron chi connectivity index (χ0n) is 14.7. The van der Waals surface area contributed by atoms with Crippen LogP contribution in [0.2, 0.25) is 0 Å². The van der Waals surface area contributed by atoms with Crippen LogP contribution in [0.25, 0.3) is 11.4 Å². The number of aromatic amines is 1. The van der Waals surface area contributed by atoms with Gasteiger partial charge in [0.05, 0.1) is 17.5 Å². The number of benzene rings is 2. The Labute approximate surface area is 163 Å². The molecule has 0 bridgehead atoms. The van der Waals surface area contributed by atoms with Crippen LogP contribution in [0, 0.1) is 5.82 Å². The molecule has 0 spiro atoms. The van der Waals surface area contributed by atoms with Crippen molar-refractivity contribution in [3.05, 3.63) is 65.7 Å². The summed E-state index contributed by atoms with van der Waals surface area (Å²) in [4.78, 5) is 17.8. The van der Waals surface area contributed by atoms with E-state index in [1.54, 1.807) is 6.07 Å². The predicted molar refractivity (Wildman–Crippen MR) is 99.1 cm³/mol. The van der Waals surface area contributed by atoms with Gasteiger partial charge in [-0.15, -0.1) is 0 Å². The van der Waals surface area contributed by atoms with Gasteiger partial charge in [0.25, 0.3) is 6.43 Å². The maximum atomic E-state index is 13.7. The smallest absolute Gasteiger partial charge is 0.279 e. The number of anilines is 1. The third-order valence-electron chi connectivity index (χ3n) is 3.97. The quantitative estimate of drug-likeness (QED) is 0.564. The number of alkyl halides is 2. The number of sulfonamides is 1. The standard InChI is InChI=1S/C18H15F3N4O3S/c19-13-4-2-1-3-10(13)7-16(26)24-11-5-6-12(15(8-11)29(22,27)28)18-23-9-14(25-18)17(20)21/h1-6,8-9,17H,7H2,(H,23,25)(H,24,26)(H2,22,27,28).